The van der Waals surface area contributed by atoms with Gasteiger partial charge in [0.05, 0.1) is 5.54 Å². The van der Waals surface area contributed by atoms with Gasteiger partial charge in [0.1, 0.15) is 0 Å². The van der Waals surface area contributed by atoms with Crippen LogP contribution in [0.15, 0.2) is 0 Å². The van der Waals surface area contributed by atoms with E-state index in [1.54, 1.807) is 13.8 Å². The van der Waals surface area contributed by atoms with Crippen molar-refractivity contribution >= 4 is 5.91 Å². The van der Waals surface area contributed by atoms with Crippen LogP contribution < -0.4 is 5.73 Å². The van der Waals surface area contributed by atoms with Crippen molar-refractivity contribution in [2.45, 2.75) is 46.1 Å². The Morgan fingerprint density at radius 3 is 2.50 bits per heavy atom. The first-order chi connectivity index (χ1) is 6.28. The zero-order valence-corrected chi connectivity index (χ0v) is 9.76. The summed E-state index contributed by atoms with van der Waals surface area (Å²) in [6.45, 7) is 9.70. The van der Waals surface area contributed by atoms with Crippen LogP contribution >= 0.6 is 0 Å². The van der Waals surface area contributed by atoms with E-state index in [-0.39, 0.29) is 5.91 Å². The summed E-state index contributed by atoms with van der Waals surface area (Å²) < 4.78 is 0. The predicted octanol–water partition coefficient (Wildman–Crippen LogP) is 1.37. The van der Waals surface area contributed by atoms with Crippen molar-refractivity contribution in [2.24, 2.45) is 11.1 Å². The van der Waals surface area contributed by atoms with Crippen LogP contribution in [-0.4, -0.2) is 29.4 Å². The van der Waals surface area contributed by atoms with Crippen LogP contribution in [0.5, 0.6) is 0 Å². The first kappa shape index (κ1) is 11.5. The Labute approximate surface area is 86.6 Å². The van der Waals surface area contributed by atoms with Gasteiger partial charge in [-0.3, -0.25) is 4.79 Å². The van der Waals surface area contributed by atoms with E-state index in [2.05, 4.69) is 13.8 Å². The molecule has 1 atom stereocenters. The summed E-state index contributed by atoms with van der Waals surface area (Å²) in [4.78, 5) is 13.8. The van der Waals surface area contributed by atoms with Gasteiger partial charge < -0.3 is 10.6 Å². The molecule has 0 radical (unpaired) electrons. The van der Waals surface area contributed by atoms with Gasteiger partial charge in [-0.1, -0.05) is 13.8 Å². The van der Waals surface area contributed by atoms with Crippen LogP contribution in [0.25, 0.3) is 0 Å². The smallest absolute Gasteiger partial charge is 0.242 e. The first-order valence-corrected chi connectivity index (χ1v) is 5.37. The summed E-state index contributed by atoms with van der Waals surface area (Å²) in [5.74, 6) is 0.0784. The van der Waals surface area contributed by atoms with Gasteiger partial charge in [-0.15, -0.1) is 0 Å². The molecule has 0 saturated carbocycles. The van der Waals surface area contributed by atoms with E-state index >= 15 is 0 Å². The highest BCUT2D eigenvalue weighted by atomic mass is 16.2. The molecule has 1 saturated heterocycles. The second-order valence-electron chi connectivity index (χ2n) is 5.36. The van der Waals surface area contributed by atoms with Crippen LogP contribution in [0.4, 0.5) is 0 Å². The first-order valence-electron chi connectivity index (χ1n) is 5.37. The van der Waals surface area contributed by atoms with Gasteiger partial charge in [-0.05, 0) is 32.1 Å². The minimum atomic E-state index is -0.723. The van der Waals surface area contributed by atoms with Crippen LogP contribution in [0.2, 0.25) is 0 Å². The number of likely N-dealkylation sites (tertiary alicyclic amines) is 1. The molecule has 1 amide bonds. The van der Waals surface area contributed by atoms with Crippen molar-refractivity contribution < 1.29 is 4.79 Å². The average Bonchev–Trinajstić information content (AvgIpc) is 2.46. The molecule has 0 aromatic carbocycles. The maximum atomic E-state index is 11.9. The maximum Gasteiger partial charge on any atom is 0.242 e. The summed E-state index contributed by atoms with van der Waals surface area (Å²) >= 11 is 0. The van der Waals surface area contributed by atoms with Crippen molar-refractivity contribution in [1.29, 1.82) is 0 Å². The van der Waals surface area contributed by atoms with Crippen LogP contribution in [0.3, 0.4) is 0 Å². The summed E-state index contributed by atoms with van der Waals surface area (Å²) in [6, 6.07) is 0. The Morgan fingerprint density at radius 2 is 2.14 bits per heavy atom. The van der Waals surface area contributed by atoms with Gasteiger partial charge in [-0.25, -0.2) is 0 Å². The highest BCUT2D eigenvalue weighted by Crippen LogP contribution is 2.33. The SMILES string of the molecule is CC[C@@]1(C)CCN(C(=O)C(C)(C)N)C1. The maximum absolute atomic E-state index is 11.9. The molecule has 1 aliphatic heterocycles. The minimum absolute atomic E-state index is 0.0784. The van der Waals surface area contributed by atoms with Crippen LogP contribution in [0.1, 0.15) is 40.5 Å². The monoisotopic (exact) mass is 198 g/mol. The molecule has 0 bridgehead atoms. The van der Waals surface area contributed by atoms with Crippen molar-refractivity contribution in [1.82, 2.24) is 4.90 Å². The fourth-order valence-electron chi connectivity index (χ4n) is 1.89. The molecule has 0 unspecified atom stereocenters. The Bertz CT molecular complexity index is 232. The van der Waals surface area contributed by atoms with Crippen molar-refractivity contribution in [2.75, 3.05) is 13.1 Å². The zero-order valence-electron chi connectivity index (χ0n) is 9.76. The number of amides is 1. The number of rotatable bonds is 2. The summed E-state index contributed by atoms with van der Waals surface area (Å²) in [7, 11) is 0. The molecule has 82 valence electrons. The lowest BCUT2D eigenvalue weighted by atomic mass is 9.87. The molecule has 1 aliphatic rings. The highest BCUT2D eigenvalue weighted by Gasteiger charge is 2.38. The van der Waals surface area contributed by atoms with Crippen LogP contribution in [0, 0.1) is 5.41 Å². The van der Waals surface area contributed by atoms with Gasteiger partial charge in [0.2, 0.25) is 5.91 Å². The molecular weight excluding hydrogens is 176 g/mol. The molecule has 0 aromatic heterocycles. The Kier molecular flexibility index (Phi) is 2.91. The number of nitrogens with zero attached hydrogens (tertiary/aromatic N) is 1. The molecule has 0 spiro atoms. The molecular formula is C11H22N2O. The van der Waals surface area contributed by atoms with Gasteiger partial charge in [0.25, 0.3) is 0 Å². The Balaban J connectivity index is 2.63. The van der Waals surface area contributed by atoms with Crippen LogP contribution in [-0.2, 0) is 4.79 Å². The largest absolute Gasteiger partial charge is 0.341 e. The Morgan fingerprint density at radius 1 is 1.57 bits per heavy atom. The van der Waals surface area contributed by atoms with E-state index < -0.39 is 5.54 Å². The minimum Gasteiger partial charge on any atom is -0.341 e. The van der Waals surface area contributed by atoms with Crippen molar-refractivity contribution in [3.8, 4) is 0 Å². The molecule has 3 nitrogen and oxygen atoms in total. The lowest BCUT2D eigenvalue weighted by Gasteiger charge is -2.27. The number of hydrogen-bond acceptors (Lipinski definition) is 2. The van der Waals surface area contributed by atoms with Crippen molar-refractivity contribution in [3.63, 3.8) is 0 Å². The fourth-order valence-corrected chi connectivity index (χ4v) is 1.89. The van der Waals surface area contributed by atoms with E-state index in [1.165, 1.54) is 0 Å². The second kappa shape index (κ2) is 3.54. The van der Waals surface area contributed by atoms with E-state index in [1.807, 2.05) is 4.90 Å². The lowest BCUT2D eigenvalue weighted by Crippen LogP contribution is -2.50. The molecule has 1 fully saturated rings. The zero-order chi connectivity index (χ0) is 11.0. The average molecular weight is 198 g/mol. The fraction of sp³-hybridized carbons (Fsp3) is 0.909. The molecule has 14 heavy (non-hydrogen) atoms. The van der Waals surface area contributed by atoms with Gasteiger partial charge in [0, 0.05) is 13.1 Å². The number of nitrogens with two attached hydrogens (primary N) is 1. The van der Waals surface area contributed by atoms with E-state index in [0.29, 0.717) is 5.41 Å². The lowest BCUT2D eigenvalue weighted by molar-refractivity contribution is -0.135. The molecule has 2 N–H and O–H groups in total. The third kappa shape index (κ3) is 2.27. The van der Waals surface area contributed by atoms with E-state index in [0.717, 1.165) is 25.9 Å². The summed E-state index contributed by atoms with van der Waals surface area (Å²) in [5, 5.41) is 0. The summed E-state index contributed by atoms with van der Waals surface area (Å²) in [6.07, 6.45) is 2.23. The normalized spacial score (nSPS) is 28.2. The van der Waals surface area contributed by atoms with E-state index in [4.69, 9.17) is 5.73 Å². The topological polar surface area (TPSA) is 46.3 Å². The molecule has 1 heterocycles. The molecule has 0 aliphatic carbocycles. The number of hydrogen-bond donors (Lipinski definition) is 1. The van der Waals surface area contributed by atoms with Gasteiger partial charge >= 0.3 is 0 Å². The highest BCUT2D eigenvalue weighted by molar-refractivity contribution is 5.85. The molecule has 0 aromatic rings. The predicted molar refractivity (Wildman–Crippen MR) is 57.9 cm³/mol. The number of carbonyl (C=O) groups is 1. The number of carbonyl (C=O) groups excluding carboxylic acids is 1. The van der Waals surface area contributed by atoms with Gasteiger partial charge in [0.15, 0.2) is 0 Å². The summed E-state index contributed by atoms with van der Waals surface area (Å²) in [5.41, 5.74) is 5.38. The van der Waals surface area contributed by atoms with Crippen molar-refractivity contribution in [3.05, 3.63) is 0 Å². The quantitative estimate of drug-likeness (QED) is 0.728. The Hall–Kier alpha value is -0.570. The standard InChI is InChI=1S/C11H22N2O/c1-5-11(4)6-7-13(8-11)9(14)10(2,3)12/h5-8,12H2,1-4H3/t11-/m0/s1. The second-order valence-corrected chi connectivity index (χ2v) is 5.36. The molecule has 3 heteroatoms. The van der Waals surface area contributed by atoms with Gasteiger partial charge in [-0.2, -0.15) is 0 Å². The van der Waals surface area contributed by atoms with E-state index in [9.17, 15) is 4.79 Å². The third-order valence-corrected chi connectivity index (χ3v) is 3.25. The molecule has 1 rings (SSSR count). The third-order valence-electron chi connectivity index (χ3n) is 3.25.